The second-order valence-electron chi connectivity index (χ2n) is 7.81. The Bertz CT molecular complexity index is 771. The maximum absolute atomic E-state index is 13.1. The SMILES string of the molecule is Cc1cc(N2CCN(c3ccc(F)cc3)CC2)nc(N2CCCC(C)C2)n1. The van der Waals surface area contributed by atoms with Gasteiger partial charge >= 0.3 is 0 Å². The minimum atomic E-state index is -0.187. The van der Waals surface area contributed by atoms with Gasteiger partial charge in [0, 0.05) is 56.7 Å². The van der Waals surface area contributed by atoms with Crippen molar-refractivity contribution in [1.82, 2.24) is 9.97 Å². The molecule has 0 aliphatic carbocycles. The van der Waals surface area contributed by atoms with E-state index < -0.39 is 0 Å². The topological polar surface area (TPSA) is 35.5 Å². The summed E-state index contributed by atoms with van der Waals surface area (Å²) in [5, 5.41) is 0. The van der Waals surface area contributed by atoms with Crippen molar-refractivity contribution in [2.45, 2.75) is 26.7 Å². The lowest BCUT2D eigenvalue weighted by atomic mass is 10.0. The maximum atomic E-state index is 13.1. The van der Waals surface area contributed by atoms with E-state index in [4.69, 9.17) is 9.97 Å². The van der Waals surface area contributed by atoms with Crippen molar-refractivity contribution in [3.8, 4) is 0 Å². The molecule has 2 aromatic rings. The van der Waals surface area contributed by atoms with E-state index in [0.29, 0.717) is 5.92 Å². The van der Waals surface area contributed by atoms with Gasteiger partial charge in [0.2, 0.25) is 5.95 Å². The fraction of sp³-hybridized carbons (Fsp3) is 0.524. The van der Waals surface area contributed by atoms with Gasteiger partial charge in [-0.2, -0.15) is 4.98 Å². The van der Waals surface area contributed by atoms with Gasteiger partial charge in [-0.1, -0.05) is 6.92 Å². The van der Waals surface area contributed by atoms with Crippen LogP contribution in [0.5, 0.6) is 0 Å². The first-order chi connectivity index (χ1) is 13.1. The first kappa shape index (κ1) is 18.0. The van der Waals surface area contributed by atoms with E-state index in [1.54, 1.807) is 0 Å². The Hall–Kier alpha value is -2.37. The van der Waals surface area contributed by atoms with Crippen LogP contribution >= 0.6 is 0 Å². The molecule has 2 aliphatic heterocycles. The fourth-order valence-corrected chi connectivity index (χ4v) is 4.06. The van der Waals surface area contributed by atoms with E-state index in [1.807, 2.05) is 12.1 Å². The van der Waals surface area contributed by atoms with Crippen molar-refractivity contribution < 1.29 is 4.39 Å². The summed E-state index contributed by atoms with van der Waals surface area (Å²) in [5.41, 5.74) is 2.10. The average Bonchev–Trinajstić information content (AvgIpc) is 2.68. The van der Waals surface area contributed by atoms with Gasteiger partial charge in [-0.3, -0.25) is 0 Å². The molecule has 2 saturated heterocycles. The summed E-state index contributed by atoms with van der Waals surface area (Å²) in [6, 6.07) is 8.86. The molecule has 0 bridgehead atoms. The molecule has 144 valence electrons. The normalized spacial score (nSPS) is 20.9. The van der Waals surface area contributed by atoms with E-state index in [-0.39, 0.29) is 5.82 Å². The predicted octanol–water partition coefficient (Wildman–Crippen LogP) is 3.49. The summed E-state index contributed by atoms with van der Waals surface area (Å²) in [6.07, 6.45) is 2.50. The number of nitrogens with zero attached hydrogens (tertiary/aromatic N) is 5. The van der Waals surface area contributed by atoms with Gasteiger partial charge in [-0.15, -0.1) is 0 Å². The smallest absolute Gasteiger partial charge is 0.227 e. The molecule has 27 heavy (non-hydrogen) atoms. The molecule has 0 radical (unpaired) electrons. The number of benzene rings is 1. The Morgan fingerprint density at radius 3 is 2.33 bits per heavy atom. The van der Waals surface area contributed by atoms with Gasteiger partial charge in [0.15, 0.2) is 0 Å². The second kappa shape index (κ2) is 7.71. The Balaban J connectivity index is 1.45. The van der Waals surface area contributed by atoms with Gasteiger partial charge in [0.25, 0.3) is 0 Å². The number of aryl methyl sites for hydroxylation is 1. The van der Waals surface area contributed by atoms with Crippen LogP contribution in [0.1, 0.15) is 25.5 Å². The number of hydrogen-bond acceptors (Lipinski definition) is 5. The van der Waals surface area contributed by atoms with E-state index in [1.165, 1.54) is 25.0 Å². The van der Waals surface area contributed by atoms with Crippen molar-refractivity contribution >= 4 is 17.5 Å². The van der Waals surface area contributed by atoms with Crippen LogP contribution in [-0.4, -0.2) is 49.2 Å². The zero-order valence-electron chi connectivity index (χ0n) is 16.2. The number of anilines is 3. The number of aromatic nitrogens is 2. The predicted molar refractivity (Wildman–Crippen MR) is 108 cm³/mol. The van der Waals surface area contributed by atoms with Gasteiger partial charge in [0.05, 0.1) is 0 Å². The standard InChI is InChI=1S/C21H28FN5/c1-16-4-3-9-27(15-16)21-23-17(2)14-20(24-21)26-12-10-25(11-13-26)19-7-5-18(22)6-8-19/h5-8,14,16H,3-4,9-13,15H2,1-2H3. The first-order valence-corrected chi connectivity index (χ1v) is 9.94. The molecule has 1 unspecified atom stereocenters. The molecule has 0 saturated carbocycles. The molecule has 5 nitrogen and oxygen atoms in total. The van der Waals surface area contributed by atoms with Crippen LogP contribution in [-0.2, 0) is 0 Å². The van der Waals surface area contributed by atoms with Crippen LogP contribution < -0.4 is 14.7 Å². The highest BCUT2D eigenvalue weighted by Crippen LogP contribution is 2.24. The Morgan fingerprint density at radius 2 is 1.63 bits per heavy atom. The number of piperazine rings is 1. The first-order valence-electron chi connectivity index (χ1n) is 9.94. The number of halogens is 1. The van der Waals surface area contributed by atoms with Crippen LogP contribution in [0.3, 0.4) is 0 Å². The van der Waals surface area contributed by atoms with Crippen LogP contribution in [0.4, 0.5) is 21.8 Å². The molecule has 0 N–H and O–H groups in total. The lowest BCUT2D eigenvalue weighted by Gasteiger charge is -2.37. The summed E-state index contributed by atoms with van der Waals surface area (Å²) in [6.45, 7) is 10.1. The minimum absolute atomic E-state index is 0.187. The quantitative estimate of drug-likeness (QED) is 0.828. The molecule has 1 aromatic heterocycles. The summed E-state index contributed by atoms with van der Waals surface area (Å²) in [7, 11) is 0. The Kier molecular flexibility index (Phi) is 5.14. The average molecular weight is 369 g/mol. The van der Waals surface area contributed by atoms with E-state index >= 15 is 0 Å². The Morgan fingerprint density at radius 1 is 0.926 bits per heavy atom. The van der Waals surface area contributed by atoms with Crippen molar-refractivity contribution in [1.29, 1.82) is 0 Å². The lowest BCUT2D eigenvalue weighted by molar-refractivity contribution is 0.441. The zero-order valence-corrected chi connectivity index (χ0v) is 16.2. The van der Waals surface area contributed by atoms with E-state index in [9.17, 15) is 4.39 Å². The molecule has 2 fully saturated rings. The van der Waals surface area contributed by atoms with Crippen molar-refractivity contribution in [3.05, 3.63) is 41.8 Å². The van der Waals surface area contributed by atoms with Gasteiger partial charge < -0.3 is 14.7 Å². The molecule has 0 spiro atoms. The number of rotatable bonds is 3. The third kappa shape index (κ3) is 4.15. The lowest BCUT2D eigenvalue weighted by Crippen LogP contribution is -2.47. The van der Waals surface area contributed by atoms with Gasteiger partial charge in [-0.05, 0) is 49.9 Å². The highest BCUT2D eigenvalue weighted by Gasteiger charge is 2.22. The molecule has 1 atom stereocenters. The van der Waals surface area contributed by atoms with Gasteiger partial charge in [-0.25, -0.2) is 9.37 Å². The summed E-state index contributed by atoms with van der Waals surface area (Å²) in [4.78, 5) is 16.6. The highest BCUT2D eigenvalue weighted by molar-refractivity contribution is 5.51. The van der Waals surface area contributed by atoms with E-state index in [2.05, 4.69) is 34.6 Å². The second-order valence-corrected chi connectivity index (χ2v) is 7.81. The van der Waals surface area contributed by atoms with E-state index in [0.717, 1.165) is 62.4 Å². The molecule has 6 heteroatoms. The molecule has 0 amide bonds. The fourth-order valence-electron chi connectivity index (χ4n) is 4.06. The van der Waals surface area contributed by atoms with Crippen LogP contribution in [0.25, 0.3) is 0 Å². The largest absolute Gasteiger partial charge is 0.368 e. The maximum Gasteiger partial charge on any atom is 0.227 e. The third-order valence-electron chi connectivity index (χ3n) is 5.56. The molecule has 4 rings (SSSR count). The molecule has 2 aliphatic rings. The van der Waals surface area contributed by atoms with Crippen LogP contribution in [0.2, 0.25) is 0 Å². The van der Waals surface area contributed by atoms with Gasteiger partial charge in [0.1, 0.15) is 11.6 Å². The summed E-state index contributed by atoms with van der Waals surface area (Å²) < 4.78 is 13.1. The molecular formula is C21H28FN5. The van der Waals surface area contributed by atoms with Crippen LogP contribution in [0.15, 0.2) is 30.3 Å². The molecular weight excluding hydrogens is 341 g/mol. The van der Waals surface area contributed by atoms with Crippen molar-refractivity contribution in [3.63, 3.8) is 0 Å². The van der Waals surface area contributed by atoms with Crippen LogP contribution in [0, 0.1) is 18.7 Å². The zero-order chi connectivity index (χ0) is 18.8. The van der Waals surface area contributed by atoms with Crippen molar-refractivity contribution in [2.24, 2.45) is 5.92 Å². The van der Waals surface area contributed by atoms with Crippen molar-refractivity contribution in [2.75, 3.05) is 54.0 Å². The minimum Gasteiger partial charge on any atom is -0.368 e. The monoisotopic (exact) mass is 369 g/mol. The molecule has 3 heterocycles. The summed E-state index contributed by atoms with van der Waals surface area (Å²) >= 11 is 0. The number of piperidine rings is 1. The number of hydrogen-bond donors (Lipinski definition) is 0. The Labute approximate surface area is 160 Å². The highest BCUT2D eigenvalue weighted by atomic mass is 19.1. The summed E-state index contributed by atoms with van der Waals surface area (Å²) in [5.74, 6) is 2.41. The third-order valence-corrected chi connectivity index (χ3v) is 5.56. The molecule has 1 aromatic carbocycles.